The molecule has 1 heterocycles. The summed E-state index contributed by atoms with van der Waals surface area (Å²) in [5.41, 5.74) is 7.65. The third-order valence-corrected chi connectivity index (χ3v) is 6.37. The first kappa shape index (κ1) is 24.9. The SMILES string of the molecule is CN(C)CCCC1(c2ccc(F)cc2)OCc2cc(C(=O)NNC(=O)c3ccc(Cl)cc3)ccc21. The van der Waals surface area contributed by atoms with E-state index in [4.69, 9.17) is 16.3 Å². The molecule has 2 amide bonds. The molecule has 0 aromatic heterocycles. The Labute approximate surface area is 209 Å². The van der Waals surface area contributed by atoms with Gasteiger partial charge in [0.25, 0.3) is 11.8 Å². The molecule has 0 fully saturated rings. The van der Waals surface area contributed by atoms with Gasteiger partial charge in [-0.15, -0.1) is 0 Å². The molecule has 3 aromatic rings. The molecule has 2 N–H and O–H groups in total. The number of nitrogens with zero attached hydrogens (tertiary/aromatic N) is 1. The molecule has 3 aromatic carbocycles. The van der Waals surface area contributed by atoms with Gasteiger partial charge in [-0.25, -0.2) is 4.39 Å². The minimum absolute atomic E-state index is 0.303. The van der Waals surface area contributed by atoms with Crippen molar-refractivity contribution < 1.29 is 18.7 Å². The Bertz CT molecular complexity index is 1220. The summed E-state index contributed by atoms with van der Waals surface area (Å²) in [5, 5.41) is 0.518. The van der Waals surface area contributed by atoms with E-state index in [0.717, 1.165) is 29.7 Å². The van der Waals surface area contributed by atoms with Gasteiger partial charge in [-0.3, -0.25) is 20.4 Å². The van der Waals surface area contributed by atoms with Crippen molar-refractivity contribution in [2.24, 2.45) is 0 Å². The van der Waals surface area contributed by atoms with Gasteiger partial charge in [0.1, 0.15) is 11.4 Å². The molecule has 0 radical (unpaired) electrons. The van der Waals surface area contributed by atoms with E-state index in [1.54, 1.807) is 48.5 Å². The van der Waals surface area contributed by atoms with Gasteiger partial charge in [0.2, 0.25) is 0 Å². The molecule has 0 spiro atoms. The van der Waals surface area contributed by atoms with Crippen LogP contribution in [-0.4, -0.2) is 37.4 Å². The Morgan fingerprint density at radius 2 is 1.60 bits per heavy atom. The number of hydrogen-bond donors (Lipinski definition) is 2. The minimum Gasteiger partial charge on any atom is -0.361 e. The second-order valence-corrected chi connectivity index (χ2v) is 9.25. The smallest absolute Gasteiger partial charge is 0.269 e. The van der Waals surface area contributed by atoms with E-state index in [1.807, 2.05) is 20.2 Å². The Kier molecular flexibility index (Phi) is 7.50. The number of hydrogen-bond acceptors (Lipinski definition) is 4. The molecule has 0 aliphatic carbocycles. The van der Waals surface area contributed by atoms with E-state index >= 15 is 0 Å². The van der Waals surface area contributed by atoms with E-state index in [9.17, 15) is 14.0 Å². The molecular formula is C27H27ClFN3O3. The lowest BCUT2D eigenvalue weighted by molar-refractivity contribution is -0.0140. The molecule has 1 aliphatic heterocycles. The maximum absolute atomic E-state index is 13.6. The third kappa shape index (κ3) is 5.53. The maximum Gasteiger partial charge on any atom is 0.269 e. The summed E-state index contributed by atoms with van der Waals surface area (Å²) in [4.78, 5) is 27.1. The highest BCUT2D eigenvalue weighted by Crippen LogP contribution is 2.45. The third-order valence-electron chi connectivity index (χ3n) is 6.12. The van der Waals surface area contributed by atoms with Gasteiger partial charge >= 0.3 is 0 Å². The lowest BCUT2D eigenvalue weighted by Crippen LogP contribution is -2.41. The zero-order chi connectivity index (χ0) is 25.0. The van der Waals surface area contributed by atoms with Crippen LogP contribution in [0.15, 0.2) is 66.7 Å². The molecule has 0 saturated heterocycles. The number of carbonyl (C=O) groups excluding carboxylic acids is 2. The molecule has 6 nitrogen and oxygen atoms in total. The van der Waals surface area contributed by atoms with Crippen molar-refractivity contribution in [1.29, 1.82) is 0 Å². The Hall–Kier alpha value is -3.26. The molecular weight excluding hydrogens is 469 g/mol. The fourth-order valence-electron chi connectivity index (χ4n) is 4.34. The van der Waals surface area contributed by atoms with Gasteiger partial charge in [-0.05, 0) is 98.7 Å². The number of halogens is 2. The largest absolute Gasteiger partial charge is 0.361 e. The summed E-state index contributed by atoms with van der Waals surface area (Å²) in [7, 11) is 4.04. The monoisotopic (exact) mass is 495 g/mol. The first-order chi connectivity index (χ1) is 16.8. The number of nitrogens with one attached hydrogen (secondary N) is 2. The van der Waals surface area contributed by atoms with Crippen molar-refractivity contribution in [3.8, 4) is 0 Å². The summed E-state index contributed by atoms with van der Waals surface area (Å²) in [5.74, 6) is -1.19. The van der Waals surface area contributed by atoms with E-state index < -0.39 is 17.4 Å². The highest BCUT2D eigenvalue weighted by molar-refractivity contribution is 6.30. The topological polar surface area (TPSA) is 70.7 Å². The molecule has 1 unspecified atom stereocenters. The first-order valence-corrected chi connectivity index (χ1v) is 11.7. The van der Waals surface area contributed by atoms with Gasteiger partial charge in [-0.2, -0.15) is 0 Å². The fourth-order valence-corrected chi connectivity index (χ4v) is 4.47. The minimum atomic E-state index is -0.711. The second-order valence-electron chi connectivity index (χ2n) is 8.82. The van der Waals surface area contributed by atoms with Crippen LogP contribution in [-0.2, 0) is 16.9 Å². The number of carbonyl (C=O) groups is 2. The number of hydrazine groups is 1. The highest BCUT2D eigenvalue weighted by Gasteiger charge is 2.41. The Morgan fingerprint density at radius 3 is 2.26 bits per heavy atom. The molecule has 0 bridgehead atoms. The Morgan fingerprint density at radius 1 is 0.971 bits per heavy atom. The van der Waals surface area contributed by atoms with Gasteiger partial charge in [0.15, 0.2) is 0 Å². The van der Waals surface area contributed by atoms with Gasteiger partial charge in [0, 0.05) is 16.1 Å². The number of rotatable bonds is 7. The second kappa shape index (κ2) is 10.6. The van der Waals surface area contributed by atoms with E-state index in [0.29, 0.717) is 29.2 Å². The summed E-state index contributed by atoms with van der Waals surface area (Å²) >= 11 is 5.85. The maximum atomic E-state index is 13.6. The van der Waals surface area contributed by atoms with E-state index in [2.05, 4.69) is 15.8 Å². The van der Waals surface area contributed by atoms with Crippen molar-refractivity contribution >= 4 is 23.4 Å². The van der Waals surface area contributed by atoms with Crippen molar-refractivity contribution in [2.45, 2.75) is 25.0 Å². The van der Waals surface area contributed by atoms with Gasteiger partial charge < -0.3 is 9.64 Å². The zero-order valence-electron chi connectivity index (χ0n) is 19.6. The van der Waals surface area contributed by atoms with Crippen LogP contribution in [0.3, 0.4) is 0 Å². The van der Waals surface area contributed by atoms with Crippen LogP contribution in [0.2, 0.25) is 5.02 Å². The van der Waals surface area contributed by atoms with E-state index in [-0.39, 0.29) is 5.82 Å². The lowest BCUT2D eigenvalue weighted by Gasteiger charge is -2.31. The number of ether oxygens (including phenoxy) is 1. The predicted molar refractivity (Wildman–Crippen MR) is 133 cm³/mol. The van der Waals surface area contributed by atoms with Crippen LogP contribution in [0.5, 0.6) is 0 Å². The fraction of sp³-hybridized carbons (Fsp3) is 0.259. The van der Waals surface area contributed by atoms with Crippen molar-refractivity contribution in [2.75, 3.05) is 20.6 Å². The average Bonchev–Trinajstić information content (AvgIpc) is 3.21. The van der Waals surface area contributed by atoms with Crippen molar-refractivity contribution in [3.63, 3.8) is 0 Å². The standard InChI is InChI=1S/C27H27ClFN3O3/c1-32(2)15-3-14-27(21-7-11-23(29)12-8-21)24-13-6-19(16-20(24)17-35-27)26(34)31-30-25(33)18-4-9-22(28)10-5-18/h4-13,16H,3,14-15,17H2,1-2H3,(H,30,33)(H,31,34). The van der Waals surface area contributed by atoms with Crippen LogP contribution < -0.4 is 10.9 Å². The van der Waals surface area contributed by atoms with Crippen LogP contribution in [0.1, 0.15) is 50.2 Å². The summed E-state index contributed by atoms with van der Waals surface area (Å²) in [6.45, 7) is 1.21. The molecule has 35 heavy (non-hydrogen) atoms. The summed E-state index contributed by atoms with van der Waals surface area (Å²) in [6.07, 6.45) is 1.59. The average molecular weight is 496 g/mol. The zero-order valence-corrected chi connectivity index (χ0v) is 20.4. The molecule has 4 rings (SSSR count). The van der Waals surface area contributed by atoms with Crippen LogP contribution in [0.4, 0.5) is 4.39 Å². The van der Waals surface area contributed by atoms with Crippen molar-refractivity contribution in [3.05, 3.63) is 105 Å². The normalized spacial score (nSPS) is 16.7. The van der Waals surface area contributed by atoms with Gasteiger partial charge in [-0.1, -0.05) is 29.8 Å². The molecule has 1 atom stereocenters. The van der Waals surface area contributed by atoms with Crippen molar-refractivity contribution in [1.82, 2.24) is 15.8 Å². The lowest BCUT2D eigenvalue weighted by atomic mass is 9.81. The summed E-state index contributed by atoms with van der Waals surface area (Å²) < 4.78 is 20.0. The number of fused-ring (bicyclic) bond motifs is 1. The predicted octanol–water partition coefficient (Wildman–Crippen LogP) is 4.67. The Balaban J connectivity index is 1.53. The van der Waals surface area contributed by atoms with Crippen LogP contribution in [0, 0.1) is 5.82 Å². The highest BCUT2D eigenvalue weighted by atomic mass is 35.5. The van der Waals surface area contributed by atoms with E-state index in [1.165, 1.54) is 12.1 Å². The van der Waals surface area contributed by atoms with Crippen LogP contribution >= 0.6 is 11.6 Å². The first-order valence-electron chi connectivity index (χ1n) is 11.3. The number of benzene rings is 3. The molecule has 182 valence electrons. The van der Waals surface area contributed by atoms with Crippen LogP contribution in [0.25, 0.3) is 0 Å². The molecule has 0 saturated carbocycles. The molecule has 1 aliphatic rings. The van der Waals surface area contributed by atoms with Gasteiger partial charge in [0.05, 0.1) is 6.61 Å². The summed E-state index contributed by atoms with van der Waals surface area (Å²) in [6, 6.07) is 18.1. The quantitative estimate of drug-likeness (QED) is 0.467. The number of amides is 2. The molecule has 8 heteroatoms.